The predicted octanol–water partition coefficient (Wildman–Crippen LogP) is 1.91. The van der Waals surface area contributed by atoms with Crippen LogP contribution in [-0.2, 0) is 9.84 Å². The highest BCUT2D eigenvalue weighted by atomic mass is 32.2. The van der Waals surface area contributed by atoms with E-state index in [2.05, 4.69) is 4.98 Å². The van der Waals surface area contributed by atoms with E-state index in [9.17, 15) is 17.2 Å². The first-order chi connectivity index (χ1) is 10.5. The van der Waals surface area contributed by atoms with Crippen LogP contribution in [-0.4, -0.2) is 46.8 Å². The molecule has 2 aromatic heterocycles. The Kier molecular flexibility index (Phi) is 4.38. The van der Waals surface area contributed by atoms with Crippen molar-refractivity contribution in [2.75, 3.05) is 13.2 Å². The fourth-order valence-corrected chi connectivity index (χ4v) is 3.09. The highest BCUT2D eigenvalue weighted by Crippen LogP contribution is 2.33. The number of imidazole rings is 1. The maximum absolute atomic E-state index is 13.2. The normalized spacial score (nSPS) is 13.5. The minimum Gasteiger partial charge on any atom is -0.486 e. The van der Waals surface area contributed by atoms with Crippen LogP contribution in [0, 0.1) is 0 Å². The van der Waals surface area contributed by atoms with E-state index in [4.69, 9.17) is 9.84 Å². The Morgan fingerprint density at radius 1 is 1.35 bits per heavy atom. The van der Waals surface area contributed by atoms with Crippen LogP contribution in [0.2, 0.25) is 0 Å². The van der Waals surface area contributed by atoms with Gasteiger partial charge in [-0.3, -0.25) is 0 Å². The van der Waals surface area contributed by atoms with Crippen molar-refractivity contribution in [3.05, 3.63) is 24.7 Å². The molecule has 23 heavy (non-hydrogen) atoms. The minimum atomic E-state index is -3.83. The molecule has 2 rings (SSSR count). The number of sulfone groups is 1. The van der Waals surface area contributed by atoms with Crippen LogP contribution < -0.4 is 4.74 Å². The Morgan fingerprint density at radius 3 is 2.57 bits per heavy atom. The number of hydrogen-bond donors (Lipinski definition) is 1. The number of halogens is 2. The molecule has 0 atom stereocenters. The largest absolute Gasteiger partial charge is 0.486 e. The summed E-state index contributed by atoms with van der Waals surface area (Å²) >= 11 is 0. The molecule has 2 heterocycles. The Balaban J connectivity index is 2.55. The van der Waals surface area contributed by atoms with Crippen LogP contribution in [0.5, 0.6) is 5.75 Å². The predicted molar refractivity (Wildman–Crippen MR) is 79.7 cm³/mol. The number of rotatable bonds is 5. The van der Waals surface area contributed by atoms with Gasteiger partial charge in [-0.1, -0.05) is 0 Å². The van der Waals surface area contributed by atoms with E-state index in [-0.39, 0.29) is 10.6 Å². The van der Waals surface area contributed by atoms with Gasteiger partial charge in [0.15, 0.2) is 16.4 Å². The molecule has 0 unspecified atom stereocenters. The Bertz CT molecular complexity index is 810. The average Bonchev–Trinajstić information content (AvgIpc) is 2.90. The van der Waals surface area contributed by atoms with Gasteiger partial charge in [0.2, 0.25) is 0 Å². The van der Waals surface area contributed by atoms with Gasteiger partial charge in [0.25, 0.3) is 0 Å². The van der Waals surface area contributed by atoms with Gasteiger partial charge in [-0.25, -0.2) is 22.2 Å². The molecule has 0 saturated carbocycles. The van der Waals surface area contributed by atoms with Gasteiger partial charge in [-0.2, -0.15) is 0 Å². The third-order valence-electron chi connectivity index (χ3n) is 3.22. The summed E-state index contributed by atoms with van der Waals surface area (Å²) in [6.07, 6.45) is 4.29. The second-order valence-corrected chi connectivity index (χ2v) is 8.78. The monoisotopic (exact) mass is 348 g/mol. The highest BCUT2D eigenvalue weighted by Gasteiger charge is 2.35. The van der Waals surface area contributed by atoms with E-state index >= 15 is 0 Å². The third-order valence-corrected chi connectivity index (χ3v) is 5.72. The van der Waals surface area contributed by atoms with Crippen molar-refractivity contribution < 1.29 is 27.0 Å². The minimum absolute atomic E-state index is 0.204. The summed E-state index contributed by atoms with van der Waals surface area (Å²) in [6, 6.07) is 1.28. The molecule has 128 valence electrons. The molecule has 0 saturated heterocycles. The van der Waals surface area contributed by atoms with E-state index in [1.54, 1.807) is 6.20 Å². The first kappa shape index (κ1) is 17.6. The molecule has 0 amide bonds. The highest BCUT2D eigenvalue weighted by molar-refractivity contribution is 7.92. The second kappa shape index (κ2) is 5.72. The number of aliphatic hydroxyl groups excluding tert-OH is 1. The molecule has 0 radical (unpaired) electrons. The number of ether oxygens (including phenoxy) is 1. The van der Waals surface area contributed by atoms with Crippen LogP contribution in [0.3, 0.4) is 0 Å². The number of aliphatic hydroxyl groups is 1. The maximum Gasteiger partial charge on any atom is 0.303 e. The Hall–Kier alpha value is -1.74. The molecular formula is C14H18F2N2O4S. The summed E-state index contributed by atoms with van der Waals surface area (Å²) < 4.78 is 57.1. The zero-order valence-electron chi connectivity index (χ0n) is 13.0. The van der Waals surface area contributed by atoms with Crippen LogP contribution >= 0.6 is 0 Å². The average molecular weight is 348 g/mol. The fraction of sp³-hybridized carbons (Fsp3) is 0.500. The fourth-order valence-electron chi connectivity index (χ4n) is 1.80. The molecule has 9 heteroatoms. The zero-order chi connectivity index (χ0) is 17.5. The van der Waals surface area contributed by atoms with Crippen molar-refractivity contribution in [3.63, 3.8) is 0 Å². The van der Waals surface area contributed by atoms with Crippen molar-refractivity contribution in [1.29, 1.82) is 0 Å². The number of fused-ring (bicyclic) bond motifs is 1. The SMILES string of the molecule is CC(C)(C)S(=O)(=O)c1cn2ccnc2cc1OCC(F)(F)CO. The Labute approximate surface area is 132 Å². The van der Waals surface area contributed by atoms with Gasteiger partial charge in [0.1, 0.15) is 22.9 Å². The molecule has 0 aliphatic heterocycles. The van der Waals surface area contributed by atoms with Crippen molar-refractivity contribution in [2.45, 2.75) is 36.3 Å². The van der Waals surface area contributed by atoms with Crippen molar-refractivity contribution in [3.8, 4) is 5.75 Å². The van der Waals surface area contributed by atoms with Crippen LogP contribution in [0.15, 0.2) is 29.6 Å². The maximum atomic E-state index is 13.2. The molecular weight excluding hydrogens is 330 g/mol. The van der Waals surface area contributed by atoms with Crippen molar-refractivity contribution in [1.82, 2.24) is 9.38 Å². The smallest absolute Gasteiger partial charge is 0.303 e. The molecule has 6 nitrogen and oxygen atoms in total. The lowest BCUT2D eigenvalue weighted by atomic mass is 10.3. The first-order valence-corrected chi connectivity index (χ1v) is 8.29. The zero-order valence-corrected chi connectivity index (χ0v) is 13.8. The summed E-state index contributed by atoms with van der Waals surface area (Å²) in [7, 11) is -3.83. The summed E-state index contributed by atoms with van der Waals surface area (Å²) in [4.78, 5) is 3.78. The van der Waals surface area contributed by atoms with E-state index in [0.717, 1.165) is 0 Å². The lowest BCUT2D eigenvalue weighted by Gasteiger charge is -2.22. The molecule has 0 fully saturated rings. The van der Waals surface area contributed by atoms with Gasteiger partial charge in [0, 0.05) is 24.7 Å². The van der Waals surface area contributed by atoms with E-state index in [0.29, 0.717) is 5.65 Å². The third kappa shape index (κ3) is 3.45. The van der Waals surface area contributed by atoms with Gasteiger partial charge < -0.3 is 14.2 Å². The van der Waals surface area contributed by atoms with Gasteiger partial charge in [-0.05, 0) is 20.8 Å². The molecule has 0 aliphatic carbocycles. The van der Waals surface area contributed by atoms with E-state index in [1.165, 1.54) is 43.6 Å². The summed E-state index contributed by atoms with van der Waals surface area (Å²) in [5.74, 6) is -3.68. The summed E-state index contributed by atoms with van der Waals surface area (Å²) in [5, 5.41) is 8.60. The van der Waals surface area contributed by atoms with Crippen molar-refractivity contribution in [2.24, 2.45) is 0 Å². The molecule has 1 N–H and O–H groups in total. The quantitative estimate of drug-likeness (QED) is 0.893. The number of hydrogen-bond acceptors (Lipinski definition) is 5. The van der Waals surface area contributed by atoms with Crippen molar-refractivity contribution >= 4 is 15.5 Å². The summed E-state index contributed by atoms with van der Waals surface area (Å²) in [5.41, 5.74) is 0.361. The van der Waals surface area contributed by atoms with Crippen LogP contribution in [0.4, 0.5) is 8.78 Å². The number of nitrogens with zero attached hydrogens (tertiary/aromatic N) is 2. The Morgan fingerprint density at radius 2 is 2.00 bits per heavy atom. The molecule has 0 aromatic carbocycles. The van der Waals surface area contributed by atoms with Gasteiger partial charge in [-0.15, -0.1) is 0 Å². The first-order valence-electron chi connectivity index (χ1n) is 6.81. The summed E-state index contributed by atoms with van der Waals surface area (Å²) in [6.45, 7) is 2.00. The number of alkyl halides is 2. The molecule has 0 bridgehead atoms. The standard InChI is InChI=1S/C14H18F2N2O4S/c1-13(2,3)23(20,21)11-7-18-5-4-17-12(18)6-10(11)22-9-14(15,16)8-19/h4-7,19H,8-9H2,1-3H3. The lowest BCUT2D eigenvalue weighted by molar-refractivity contribution is -0.0806. The topological polar surface area (TPSA) is 80.9 Å². The molecule has 0 aliphatic rings. The van der Waals surface area contributed by atoms with Crippen LogP contribution in [0.1, 0.15) is 20.8 Å². The number of pyridine rings is 1. The van der Waals surface area contributed by atoms with E-state index in [1.807, 2.05) is 0 Å². The second-order valence-electron chi connectivity index (χ2n) is 6.11. The van der Waals surface area contributed by atoms with Gasteiger partial charge >= 0.3 is 5.92 Å². The molecule has 0 spiro atoms. The van der Waals surface area contributed by atoms with Gasteiger partial charge in [0.05, 0.1) is 4.75 Å². The van der Waals surface area contributed by atoms with Crippen LogP contribution in [0.25, 0.3) is 5.65 Å². The lowest BCUT2D eigenvalue weighted by Crippen LogP contribution is -2.31. The molecule has 2 aromatic rings. The van der Waals surface area contributed by atoms with E-state index < -0.39 is 33.7 Å². The number of aromatic nitrogens is 2.